The smallest absolute Gasteiger partial charge is 0.222 e. The van der Waals surface area contributed by atoms with E-state index in [9.17, 15) is 5.26 Å². The van der Waals surface area contributed by atoms with E-state index in [1.165, 1.54) is 0 Å². The van der Waals surface area contributed by atoms with Crippen LogP contribution in [0.2, 0.25) is 0 Å². The van der Waals surface area contributed by atoms with E-state index in [-0.39, 0.29) is 17.3 Å². The van der Waals surface area contributed by atoms with Crippen molar-refractivity contribution in [2.45, 2.75) is 25.7 Å². The van der Waals surface area contributed by atoms with Crippen LogP contribution in [-0.4, -0.2) is 16.6 Å². The minimum absolute atomic E-state index is 0.00562. The molecule has 0 bridgehead atoms. The van der Waals surface area contributed by atoms with E-state index in [0.29, 0.717) is 30.0 Å². The van der Waals surface area contributed by atoms with E-state index in [1.54, 1.807) is 12.1 Å². The number of rotatable bonds is 7. The molecule has 4 N–H and O–H groups in total. The van der Waals surface area contributed by atoms with Gasteiger partial charge in [-0.1, -0.05) is 15.9 Å². The van der Waals surface area contributed by atoms with Crippen LogP contribution in [0.15, 0.2) is 22.7 Å². The van der Waals surface area contributed by atoms with Crippen LogP contribution in [0.25, 0.3) is 11.3 Å². The van der Waals surface area contributed by atoms with Gasteiger partial charge in [0.2, 0.25) is 5.95 Å². The maximum atomic E-state index is 9.38. The van der Waals surface area contributed by atoms with Crippen molar-refractivity contribution >= 4 is 27.7 Å². The van der Waals surface area contributed by atoms with E-state index in [0.717, 1.165) is 23.7 Å². The summed E-state index contributed by atoms with van der Waals surface area (Å²) in [6.45, 7) is 0.498. The standard InChI is InChI=1S/C17H17BrN6O/c18-11-5-6-14(25-8-4-2-1-3-7-19)12(9-11)15-13(10-20)16(21)24-17(22)23-15/h5-6,9H,1-4,8H2,(H4,21,22,23,24). The third kappa shape index (κ3) is 4.82. The molecule has 2 rings (SSSR count). The quantitative estimate of drug-likeness (QED) is 0.679. The minimum atomic E-state index is -0.00562. The number of ether oxygens (including phenoxy) is 1. The summed E-state index contributed by atoms with van der Waals surface area (Å²) in [6.07, 6.45) is 3.14. The van der Waals surface area contributed by atoms with Crippen LogP contribution in [0.5, 0.6) is 5.75 Å². The second-order valence-electron chi connectivity index (χ2n) is 5.26. The van der Waals surface area contributed by atoms with Gasteiger partial charge in [0, 0.05) is 16.5 Å². The number of nitrogen functional groups attached to an aromatic ring is 2. The van der Waals surface area contributed by atoms with Crippen molar-refractivity contribution < 1.29 is 4.74 Å². The van der Waals surface area contributed by atoms with E-state index in [4.69, 9.17) is 21.5 Å². The normalized spacial score (nSPS) is 10.0. The van der Waals surface area contributed by atoms with Gasteiger partial charge in [0.25, 0.3) is 0 Å². The molecule has 128 valence electrons. The highest BCUT2D eigenvalue weighted by Gasteiger charge is 2.17. The Morgan fingerprint density at radius 1 is 1.12 bits per heavy atom. The zero-order valence-electron chi connectivity index (χ0n) is 13.5. The third-order valence-electron chi connectivity index (χ3n) is 3.45. The fourth-order valence-corrected chi connectivity index (χ4v) is 2.64. The number of hydrogen-bond acceptors (Lipinski definition) is 7. The van der Waals surface area contributed by atoms with E-state index in [2.05, 4.69) is 32.0 Å². The Hall–Kier alpha value is -2.84. The van der Waals surface area contributed by atoms with E-state index >= 15 is 0 Å². The highest BCUT2D eigenvalue weighted by Crippen LogP contribution is 2.35. The van der Waals surface area contributed by atoms with Gasteiger partial charge in [-0.3, -0.25) is 0 Å². The predicted octanol–water partition coefficient (Wildman–Crippen LogP) is 3.40. The zero-order chi connectivity index (χ0) is 18.2. The Labute approximate surface area is 154 Å². The van der Waals surface area contributed by atoms with Gasteiger partial charge >= 0.3 is 0 Å². The van der Waals surface area contributed by atoms with Gasteiger partial charge in [-0.15, -0.1) is 0 Å². The molecule has 8 heteroatoms. The zero-order valence-corrected chi connectivity index (χ0v) is 15.1. The Kier molecular flexibility index (Phi) is 6.55. The van der Waals surface area contributed by atoms with Gasteiger partial charge in [-0.25, -0.2) is 4.98 Å². The number of nitrogens with zero attached hydrogens (tertiary/aromatic N) is 4. The number of aromatic nitrogens is 2. The molecule has 7 nitrogen and oxygen atoms in total. The molecular weight excluding hydrogens is 384 g/mol. The highest BCUT2D eigenvalue weighted by atomic mass is 79.9. The molecule has 0 unspecified atom stereocenters. The van der Waals surface area contributed by atoms with Crippen LogP contribution < -0.4 is 16.2 Å². The van der Waals surface area contributed by atoms with Crippen LogP contribution in [0.3, 0.4) is 0 Å². The summed E-state index contributed by atoms with van der Waals surface area (Å²) in [4.78, 5) is 8.00. The monoisotopic (exact) mass is 400 g/mol. The average molecular weight is 401 g/mol. The molecule has 0 aliphatic rings. The van der Waals surface area contributed by atoms with Gasteiger partial charge in [-0.05, 0) is 37.5 Å². The summed E-state index contributed by atoms with van der Waals surface area (Å²) in [6, 6.07) is 9.58. The van der Waals surface area contributed by atoms with Crippen molar-refractivity contribution in [2.75, 3.05) is 18.1 Å². The molecule has 0 amide bonds. The van der Waals surface area contributed by atoms with E-state index in [1.807, 2.05) is 12.1 Å². The van der Waals surface area contributed by atoms with Gasteiger partial charge in [0.05, 0.1) is 18.4 Å². The molecule has 0 spiro atoms. The summed E-state index contributed by atoms with van der Waals surface area (Å²) >= 11 is 3.41. The Balaban J connectivity index is 2.28. The van der Waals surface area contributed by atoms with Crippen LogP contribution in [-0.2, 0) is 0 Å². The second-order valence-corrected chi connectivity index (χ2v) is 6.18. The average Bonchev–Trinajstić information content (AvgIpc) is 2.58. The lowest BCUT2D eigenvalue weighted by molar-refractivity contribution is 0.306. The first-order valence-electron chi connectivity index (χ1n) is 7.69. The van der Waals surface area contributed by atoms with E-state index < -0.39 is 0 Å². The summed E-state index contributed by atoms with van der Waals surface area (Å²) in [5, 5.41) is 17.9. The lowest BCUT2D eigenvalue weighted by atomic mass is 10.1. The summed E-state index contributed by atoms with van der Waals surface area (Å²) in [7, 11) is 0. The van der Waals surface area contributed by atoms with Gasteiger partial charge in [-0.2, -0.15) is 15.5 Å². The summed E-state index contributed by atoms with van der Waals surface area (Å²) < 4.78 is 6.66. The topological polar surface area (TPSA) is 135 Å². The molecule has 1 heterocycles. The maximum absolute atomic E-state index is 9.38. The molecule has 25 heavy (non-hydrogen) atoms. The number of unbranched alkanes of at least 4 members (excludes halogenated alkanes) is 3. The molecule has 1 aromatic carbocycles. The molecule has 0 saturated carbocycles. The summed E-state index contributed by atoms with van der Waals surface area (Å²) in [5.41, 5.74) is 12.6. The molecule has 0 fully saturated rings. The molecule has 0 aliphatic heterocycles. The highest BCUT2D eigenvalue weighted by molar-refractivity contribution is 9.10. The number of benzene rings is 1. The molecule has 0 aliphatic carbocycles. The van der Waals surface area contributed by atoms with Crippen molar-refractivity contribution in [3.63, 3.8) is 0 Å². The molecule has 0 radical (unpaired) electrons. The fourth-order valence-electron chi connectivity index (χ4n) is 2.28. The maximum Gasteiger partial charge on any atom is 0.222 e. The first-order valence-corrected chi connectivity index (χ1v) is 8.49. The fraction of sp³-hybridized carbons (Fsp3) is 0.294. The number of anilines is 2. The first-order chi connectivity index (χ1) is 12.1. The van der Waals surface area contributed by atoms with Crippen molar-refractivity contribution in [2.24, 2.45) is 0 Å². The Morgan fingerprint density at radius 3 is 2.64 bits per heavy atom. The van der Waals surface area contributed by atoms with Crippen molar-refractivity contribution in [1.82, 2.24) is 9.97 Å². The molecule has 0 atom stereocenters. The second kappa shape index (κ2) is 8.86. The van der Waals surface area contributed by atoms with Crippen LogP contribution in [0.4, 0.5) is 11.8 Å². The Bertz CT molecular complexity index is 840. The van der Waals surface area contributed by atoms with Gasteiger partial charge in [0.15, 0.2) is 0 Å². The molecular formula is C17H17BrN6O. The number of halogens is 1. The first kappa shape index (κ1) is 18.5. The van der Waals surface area contributed by atoms with Gasteiger partial charge in [0.1, 0.15) is 23.2 Å². The number of nitrogens with two attached hydrogens (primary N) is 2. The van der Waals surface area contributed by atoms with Crippen LogP contribution >= 0.6 is 15.9 Å². The lowest BCUT2D eigenvalue weighted by Crippen LogP contribution is -2.06. The predicted molar refractivity (Wildman–Crippen MR) is 98.3 cm³/mol. The summed E-state index contributed by atoms with van der Waals surface area (Å²) in [5.74, 6) is 0.610. The largest absolute Gasteiger partial charge is 0.493 e. The minimum Gasteiger partial charge on any atom is -0.493 e. The van der Waals surface area contributed by atoms with Crippen LogP contribution in [0.1, 0.15) is 31.2 Å². The van der Waals surface area contributed by atoms with Crippen molar-refractivity contribution in [1.29, 1.82) is 10.5 Å². The van der Waals surface area contributed by atoms with Gasteiger partial charge < -0.3 is 16.2 Å². The molecule has 1 aromatic heterocycles. The Morgan fingerprint density at radius 2 is 1.92 bits per heavy atom. The van der Waals surface area contributed by atoms with Crippen molar-refractivity contribution in [3.05, 3.63) is 28.2 Å². The van der Waals surface area contributed by atoms with Crippen molar-refractivity contribution in [3.8, 4) is 29.1 Å². The number of hydrogen-bond donors (Lipinski definition) is 2. The third-order valence-corrected chi connectivity index (χ3v) is 3.95. The van der Waals surface area contributed by atoms with Crippen LogP contribution in [0, 0.1) is 22.7 Å². The lowest BCUT2D eigenvalue weighted by Gasteiger charge is -2.13. The molecule has 0 saturated heterocycles. The number of nitriles is 2. The molecule has 2 aromatic rings. The SMILES string of the molecule is N#CCCCCCOc1ccc(Br)cc1-c1nc(N)nc(N)c1C#N.